The Bertz CT molecular complexity index is 325. The van der Waals surface area contributed by atoms with Gasteiger partial charge in [0.1, 0.15) is 10.7 Å². The van der Waals surface area contributed by atoms with Crippen LogP contribution in [0.3, 0.4) is 0 Å². The van der Waals surface area contributed by atoms with Crippen LogP contribution < -0.4 is 0 Å². The van der Waals surface area contributed by atoms with Gasteiger partial charge in [-0.1, -0.05) is 6.58 Å². The monoisotopic (exact) mass is 251 g/mol. The van der Waals surface area contributed by atoms with Gasteiger partial charge in [-0.15, -0.1) is 0 Å². The van der Waals surface area contributed by atoms with E-state index in [4.69, 9.17) is 0 Å². The minimum Gasteiger partial charge on any atom is -0.294 e. The Morgan fingerprint density at radius 3 is 2.65 bits per heavy atom. The van der Waals surface area contributed by atoms with E-state index < -0.39 is 0 Å². The fourth-order valence-corrected chi connectivity index (χ4v) is 7.16. The highest BCUT2D eigenvalue weighted by atomic mass is 32.2. The Hall–Kier alpha value is -0.240. The van der Waals surface area contributed by atoms with Gasteiger partial charge in [0.15, 0.2) is 11.0 Å². The van der Waals surface area contributed by atoms with E-state index in [1.54, 1.807) is 0 Å². The second-order valence-electron chi connectivity index (χ2n) is 5.99. The van der Waals surface area contributed by atoms with E-state index in [-0.39, 0.29) is 10.9 Å². The average Bonchev–Trinajstić information content (AvgIpc) is 2.95. The van der Waals surface area contributed by atoms with Crippen LogP contribution in [-0.2, 0) is 15.7 Å². The van der Waals surface area contributed by atoms with E-state index in [2.05, 4.69) is 12.0 Å². The summed E-state index contributed by atoms with van der Waals surface area (Å²) >= 11 is 0. The molecule has 0 saturated heterocycles. The van der Waals surface area contributed by atoms with E-state index >= 15 is 0 Å². The van der Waals surface area contributed by atoms with Crippen LogP contribution in [0.15, 0.2) is 12.0 Å². The van der Waals surface area contributed by atoms with Gasteiger partial charge in [0.25, 0.3) is 0 Å². The quantitative estimate of drug-likeness (QED) is 0.702. The zero-order valence-corrected chi connectivity index (χ0v) is 11.4. The Morgan fingerprint density at radius 2 is 2.06 bits per heavy atom. The van der Waals surface area contributed by atoms with Gasteiger partial charge in [-0.25, -0.2) is 0 Å². The lowest BCUT2D eigenvalue weighted by atomic mass is 9.99. The van der Waals surface area contributed by atoms with E-state index in [1.807, 2.05) is 0 Å². The molecule has 0 aromatic rings. The molecule has 0 spiro atoms. The van der Waals surface area contributed by atoms with Crippen molar-refractivity contribution < 1.29 is 4.79 Å². The minimum absolute atomic E-state index is 0.192. The lowest BCUT2D eigenvalue weighted by Crippen LogP contribution is -2.40. The predicted molar refractivity (Wildman–Crippen MR) is 74.1 cm³/mol. The topological polar surface area (TPSA) is 17.1 Å². The molecular weight excluding hydrogens is 228 g/mol. The Kier molecular flexibility index (Phi) is 3.34. The summed E-state index contributed by atoms with van der Waals surface area (Å²) in [4.78, 5) is 12.1. The van der Waals surface area contributed by atoms with Gasteiger partial charge in [-0.3, -0.25) is 4.79 Å². The van der Waals surface area contributed by atoms with Crippen LogP contribution in [0.1, 0.15) is 51.4 Å². The lowest BCUT2D eigenvalue weighted by molar-refractivity contribution is -0.119. The maximum Gasteiger partial charge on any atom is 0.185 e. The molecule has 94 valence electrons. The van der Waals surface area contributed by atoms with Crippen LogP contribution >= 0.6 is 0 Å². The zero-order valence-electron chi connectivity index (χ0n) is 10.6. The number of carbonyl (C=O) groups is 1. The first-order valence-electron chi connectivity index (χ1n) is 7.15. The summed E-state index contributed by atoms with van der Waals surface area (Å²) in [7, 11) is 0.192. The second-order valence-corrected chi connectivity index (χ2v) is 8.31. The maximum atomic E-state index is 12.1. The highest BCUT2D eigenvalue weighted by molar-refractivity contribution is 8.01. The summed E-state index contributed by atoms with van der Waals surface area (Å²) in [6.07, 6.45) is 10.1. The SMILES string of the molecule is C=C[S+](C1CCCCC1=O)C1CC2CCC1C2. The van der Waals surface area contributed by atoms with Crippen molar-refractivity contribution in [1.29, 1.82) is 0 Å². The van der Waals surface area contributed by atoms with Crippen molar-refractivity contribution in [2.24, 2.45) is 11.8 Å². The number of rotatable bonds is 3. The third kappa shape index (κ3) is 2.09. The standard InChI is InChI=1S/C15H23OS/c1-2-17(14-6-4-3-5-13(14)16)15-10-11-7-8-12(15)9-11/h2,11-12,14-15H,1,3-10H2/q+1. The lowest BCUT2D eigenvalue weighted by Gasteiger charge is -2.27. The van der Waals surface area contributed by atoms with Crippen molar-refractivity contribution >= 4 is 16.7 Å². The van der Waals surface area contributed by atoms with Crippen molar-refractivity contribution in [2.75, 3.05) is 0 Å². The van der Waals surface area contributed by atoms with E-state index in [9.17, 15) is 4.79 Å². The summed E-state index contributed by atoms with van der Waals surface area (Å²) in [6.45, 7) is 4.06. The molecule has 3 fully saturated rings. The second kappa shape index (κ2) is 4.79. The molecule has 0 aliphatic heterocycles. The van der Waals surface area contributed by atoms with Gasteiger partial charge in [0, 0.05) is 29.7 Å². The van der Waals surface area contributed by atoms with Crippen LogP contribution in [0.25, 0.3) is 0 Å². The fraction of sp³-hybridized carbons (Fsp3) is 0.800. The van der Waals surface area contributed by atoms with Crippen molar-refractivity contribution in [3.8, 4) is 0 Å². The summed E-state index contributed by atoms with van der Waals surface area (Å²) in [5, 5.41) is 3.32. The van der Waals surface area contributed by atoms with Crippen molar-refractivity contribution in [2.45, 2.75) is 61.9 Å². The molecule has 3 rings (SSSR count). The highest BCUT2D eigenvalue weighted by Crippen LogP contribution is 2.49. The van der Waals surface area contributed by atoms with E-state index in [0.717, 1.165) is 36.3 Å². The van der Waals surface area contributed by atoms with Crippen LogP contribution in [0.5, 0.6) is 0 Å². The molecule has 5 atom stereocenters. The minimum atomic E-state index is 0.192. The number of ketones is 1. The molecule has 3 aliphatic rings. The van der Waals surface area contributed by atoms with Gasteiger partial charge in [-0.2, -0.15) is 0 Å². The molecule has 1 nitrogen and oxygen atoms in total. The van der Waals surface area contributed by atoms with Crippen LogP contribution in [0.4, 0.5) is 0 Å². The fourth-order valence-electron chi connectivity index (χ4n) is 4.21. The summed E-state index contributed by atoms with van der Waals surface area (Å²) in [5.41, 5.74) is 0. The number of hydrogen-bond acceptors (Lipinski definition) is 1. The molecule has 0 aromatic carbocycles. The number of fused-ring (bicyclic) bond motifs is 2. The molecule has 2 bridgehead atoms. The highest BCUT2D eigenvalue weighted by Gasteiger charge is 2.52. The molecule has 0 N–H and O–H groups in total. The molecule has 0 heterocycles. The van der Waals surface area contributed by atoms with E-state index in [1.165, 1.54) is 32.1 Å². The largest absolute Gasteiger partial charge is 0.294 e. The first kappa shape index (κ1) is 11.8. The molecule has 17 heavy (non-hydrogen) atoms. The Morgan fingerprint density at radius 1 is 1.18 bits per heavy atom. The average molecular weight is 251 g/mol. The Balaban J connectivity index is 1.74. The van der Waals surface area contributed by atoms with Gasteiger partial charge in [0.2, 0.25) is 0 Å². The third-order valence-electron chi connectivity index (χ3n) is 5.04. The molecular formula is C15H23OS+. The first-order chi connectivity index (χ1) is 8.29. The van der Waals surface area contributed by atoms with Crippen molar-refractivity contribution in [3.05, 3.63) is 12.0 Å². The van der Waals surface area contributed by atoms with Crippen LogP contribution in [0.2, 0.25) is 0 Å². The Labute approximate surface area is 107 Å². The number of hydrogen-bond donors (Lipinski definition) is 0. The normalized spacial score (nSPS) is 42.7. The first-order valence-corrected chi connectivity index (χ1v) is 8.57. The van der Waals surface area contributed by atoms with Gasteiger partial charge in [-0.05, 0) is 44.4 Å². The molecule has 3 aliphatic carbocycles. The third-order valence-corrected chi connectivity index (χ3v) is 7.86. The molecule has 3 saturated carbocycles. The van der Waals surface area contributed by atoms with Crippen LogP contribution in [-0.4, -0.2) is 16.3 Å². The molecule has 0 radical (unpaired) electrons. The summed E-state index contributed by atoms with van der Waals surface area (Å²) in [5.74, 6) is 2.46. The van der Waals surface area contributed by atoms with E-state index in [0.29, 0.717) is 11.0 Å². The number of carbonyl (C=O) groups excluding carboxylic acids is 1. The maximum absolute atomic E-state index is 12.1. The van der Waals surface area contributed by atoms with Gasteiger partial charge in [0.05, 0.1) is 0 Å². The zero-order chi connectivity index (χ0) is 11.8. The smallest absolute Gasteiger partial charge is 0.185 e. The van der Waals surface area contributed by atoms with Gasteiger partial charge >= 0.3 is 0 Å². The molecule has 0 amide bonds. The predicted octanol–water partition coefficient (Wildman–Crippen LogP) is 3.45. The van der Waals surface area contributed by atoms with Gasteiger partial charge < -0.3 is 0 Å². The number of Topliss-reactive ketones (excluding diaryl/α,β-unsaturated/α-hetero) is 1. The molecule has 2 heteroatoms. The molecule has 5 unspecified atom stereocenters. The van der Waals surface area contributed by atoms with Crippen molar-refractivity contribution in [1.82, 2.24) is 0 Å². The summed E-state index contributed by atoms with van der Waals surface area (Å²) < 4.78 is 0. The summed E-state index contributed by atoms with van der Waals surface area (Å²) in [6, 6.07) is 0. The van der Waals surface area contributed by atoms with Crippen molar-refractivity contribution in [3.63, 3.8) is 0 Å². The van der Waals surface area contributed by atoms with Crippen LogP contribution in [0, 0.1) is 11.8 Å². The molecule has 0 aromatic heterocycles.